The van der Waals surface area contributed by atoms with Crippen molar-refractivity contribution in [2.45, 2.75) is 26.3 Å². The van der Waals surface area contributed by atoms with E-state index in [1.165, 1.54) is 16.8 Å². The minimum atomic E-state index is 0.0321. The average Bonchev–Trinajstić information content (AvgIpc) is 2.57. The normalized spacial score (nSPS) is 12.7. The van der Waals surface area contributed by atoms with Gasteiger partial charge in [0, 0.05) is 25.2 Å². The van der Waals surface area contributed by atoms with Gasteiger partial charge in [-0.2, -0.15) is 5.10 Å². The Kier molecular flexibility index (Phi) is 3.29. The first-order valence-electron chi connectivity index (χ1n) is 5.88. The molecule has 0 amide bonds. The van der Waals surface area contributed by atoms with Crippen LogP contribution in [0.2, 0.25) is 0 Å². The summed E-state index contributed by atoms with van der Waals surface area (Å²) in [5.74, 6) is 0. The highest BCUT2D eigenvalue weighted by atomic mass is 15.3. The third-order valence-electron chi connectivity index (χ3n) is 3.00. The van der Waals surface area contributed by atoms with Crippen LogP contribution in [-0.4, -0.2) is 9.78 Å². The third-order valence-corrected chi connectivity index (χ3v) is 3.00. The highest BCUT2D eigenvalue weighted by Gasteiger charge is 2.10. The highest BCUT2D eigenvalue weighted by Crippen LogP contribution is 2.17. The molecule has 17 heavy (non-hydrogen) atoms. The van der Waals surface area contributed by atoms with E-state index in [-0.39, 0.29) is 6.04 Å². The maximum absolute atomic E-state index is 6.23. The second-order valence-electron chi connectivity index (χ2n) is 4.63. The molecule has 1 heterocycles. The van der Waals surface area contributed by atoms with E-state index in [1.54, 1.807) is 0 Å². The van der Waals surface area contributed by atoms with Crippen LogP contribution in [0.4, 0.5) is 0 Å². The largest absolute Gasteiger partial charge is 0.324 e. The maximum Gasteiger partial charge on any atom is 0.0596 e. The van der Waals surface area contributed by atoms with Crippen LogP contribution in [0.3, 0.4) is 0 Å². The van der Waals surface area contributed by atoms with E-state index >= 15 is 0 Å². The Morgan fingerprint density at radius 2 is 2.06 bits per heavy atom. The number of aryl methyl sites for hydroxylation is 3. The van der Waals surface area contributed by atoms with Crippen LogP contribution in [0.15, 0.2) is 30.3 Å². The lowest BCUT2D eigenvalue weighted by Gasteiger charge is -2.12. The second kappa shape index (κ2) is 4.72. The van der Waals surface area contributed by atoms with Crippen LogP contribution in [0.25, 0.3) is 0 Å². The van der Waals surface area contributed by atoms with Crippen molar-refractivity contribution in [3.05, 3.63) is 52.8 Å². The summed E-state index contributed by atoms with van der Waals surface area (Å²) in [6.07, 6.45) is 0.820. The molecule has 0 bridgehead atoms. The molecule has 0 aliphatic carbocycles. The first kappa shape index (κ1) is 11.9. The van der Waals surface area contributed by atoms with Crippen LogP contribution in [0, 0.1) is 13.8 Å². The second-order valence-corrected chi connectivity index (χ2v) is 4.63. The van der Waals surface area contributed by atoms with Crippen molar-refractivity contribution >= 4 is 0 Å². The van der Waals surface area contributed by atoms with Crippen LogP contribution < -0.4 is 5.73 Å². The molecule has 3 heteroatoms. The Morgan fingerprint density at radius 1 is 1.29 bits per heavy atom. The van der Waals surface area contributed by atoms with Gasteiger partial charge < -0.3 is 5.73 Å². The molecule has 0 spiro atoms. The Hall–Kier alpha value is -1.61. The zero-order valence-corrected chi connectivity index (χ0v) is 10.6. The van der Waals surface area contributed by atoms with Crippen LogP contribution in [0.1, 0.15) is 28.6 Å². The van der Waals surface area contributed by atoms with Crippen LogP contribution in [-0.2, 0) is 13.5 Å². The summed E-state index contributed by atoms with van der Waals surface area (Å²) in [5.41, 5.74) is 10.9. The number of hydrogen-bond donors (Lipinski definition) is 1. The van der Waals surface area contributed by atoms with Gasteiger partial charge in [0.2, 0.25) is 0 Å². The van der Waals surface area contributed by atoms with E-state index in [2.05, 4.69) is 42.4 Å². The smallest absolute Gasteiger partial charge is 0.0596 e. The molecule has 1 atom stereocenters. The fourth-order valence-corrected chi connectivity index (χ4v) is 2.10. The minimum absolute atomic E-state index is 0.0321. The fraction of sp³-hybridized carbons (Fsp3) is 0.357. The molecular formula is C14H19N3. The van der Waals surface area contributed by atoms with Gasteiger partial charge in [-0.25, -0.2) is 0 Å². The minimum Gasteiger partial charge on any atom is -0.324 e. The fourth-order valence-electron chi connectivity index (χ4n) is 2.10. The van der Waals surface area contributed by atoms with Crippen molar-refractivity contribution in [1.82, 2.24) is 9.78 Å². The van der Waals surface area contributed by atoms with Crippen molar-refractivity contribution in [3.63, 3.8) is 0 Å². The van der Waals surface area contributed by atoms with E-state index in [9.17, 15) is 0 Å². The Morgan fingerprint density at radius 3 is 2.65 bits per heavy atom. The first-order chi connectivity index (χ1) is 8.06. The van der Waals surface area contributed by atoms with Crippen molar-refractivity contribution in [1.29, 1.82) is 0 Å². The van der Waals surface area contributed by atoms with E-state index in [1.807, 2.05) is 18.7 Å². The van der Waals surface area contributed by atoms with Gasteiger partial charge in [-0.05, 0) is 25.5 Å². The van der Waals surface area contributed by atoms with Crippen molar-refractivity contribution in [3.8, 4) is 0 Å². The lowest BCUT2D eigenvalue weighted by Crippen LogP contribution is -2.15. The molecule has 0 saturated heterocycles. The number of aromatic nitrogens is 2. The topological polar surface area (TPSA) is 43.8 Å². The van der Waals surface area contributed by atoms with Crippen LogP contribution in [0.5, 0.6) is 0 Å². The molecule has 1 aromatic carbocycles. The maximum atomic E-state index is 6.23. The molecule has 90 valence electrons. The monoisotopic (exact) mass is 229 g/mol. The molecule has 0 aliphatic rings. The van der Waals surface area contributed by atoms with E-state index in [4.69, 9.17) is 5.73 Å². The van der Waals surface area contributed by atoms with Gasteiger partial charge >= 0.3 is 0 Å². The molecule has 1 aromatic heterocycles. The van der Waals surface area contributed by atoms with E-state index < -0.39 is 0 Å². The summed E-state index contributed by atoms with van der Waals surface area (Å²) in [6, 6.07) is 10.5. The lowest BCUT2D eigenvalue weighted by atomic mass is 10.0. The summed E-state index contributed by atoms with van der Waals surface area (Å²) >= 11 is 0. The van der Waals surface area contributed by atoms with Gasteiger partial charge in [-0.15, -0.1) is 0 Å². The summed E-state index contributed by atoms with van der Waals surface area (Å²) in [4.78, 5) is 0. The van der Waals surface area contributed by atoms with Gasteiger partial charge in [-0.3, -0.25) is 4.68 Å². The number of nitrogens with zero attached hydrogens (tertiary/aromatic N) is 2. The first-order valence-corrected chi connectivity index (χ1v) is 5.88. The number of benzene rings is 1. The molecule has 1 unspecified atom stereocenters. The zero-order valence-electron chi connectivity index (χ0n) is 10.6. The lowest BCUT2D eigenvalue weighted by molar-refractivity contribution is 0.639. The molecule has 0 aliphatic heterocycles. The van der Waals surface area contributed by atoms with Crippen LogP contribution >= 0.6 is 0 Å². The Balaban J connectivity index is 2.16. The Labute approximate surface area is 102 Å². The highest BCUT2D eigenvalue weighted by molar-refractivity contribution is 5.26. The van der Waals surface area contributed by atoms with Crippen molar-refractivity contribution in [2.75, 3.05) is 0 Å². The average molecular weight is 229 g/mol. The van der Waals surface area contributed by atoms with Gasteiger partial charge in [-0.1, -0.05) is 29.8 Å². The van der Waals surface area contributed by atoms with Gasteiger partial charge in [0.1, 0.15) is 0 Å². The number of nitrogens with two attached hydrogens (primary N) is 1. The molecule has 3 nitrogen and oxygen atoms in total. The number of hydrogen-bond acceptors (Lipinski definition) is 2. The summed E-state index contributed by atoms with van der Waals surface area (Å²) in [7, 11) is 1.96. The van der Waals surface area contributed by atoms with E-state index in [0.29, 0.717) is 0 Å². The summed E-state index contributed by atoms with van der Waals surface area (Å²) in [5, 5.41) is 4.34. The summed E-state index contributed by atoms with van der Waals surface area (Å²) < 4.78 is 1.91. The standard InChI is InChI=1S/C14H19N3/c1-10-5-4-6-12(7-10)14(15)9-13-8-11(2)16-17(13)3/h4-8,14H,9,15H2,1-3H3. The molecule has 0 fully saturated rings. The molecule has 0 radical (unpaired) electrons. The molecule has 2 N–H and O–H groups in total. The Bertz CT molecular complexity index is 514. The van der Waals surface area contributed by atoms with Gasteiger partial charge in [0.25, 0.3) is 0 Å². The van der Waals surface area contributed by atoms with Crippen molar-refractivity contribution < 1.29 is 0 Å². The summed E-state index contributed by atoms with van der Waals surface area (Å²) in [6.45, 7) is 4.09. The predicted molar refractivity (Wildman–Crippen MR) is 69.8 cm³/mol. The molecule has 2 aromatic rings. The molecule has 2 rings (SSSR count). The van der Waals surface area contributed by atoms with Gasteiger partial charge in [0.15, 0.2) is 0 Å². The predicted octanol–water partition coefficient (Wildman–Crippen LogP) is 2.28. The molecular weight excluding hydrogens is 210 g/mol. The zero-order chi connectivity index (χ0) is 12.4. The van der Waals surface area contributed by atoms with Crippen molar-refractivity contribution in [2.24, 2.45) is 12.8 Å². The third kappa shape index (κ3) is 2.74. The number of rotatable bonds is 3. The van der Waals surface area contributed by atoms with Gasteiger partial charge in [0.05, 0.1) is 5.69 Å². The van der Waals surface area contributed by atoms with E-state index in [0.717, 1.165) is 12.1 Å². The quantitative estimate of drug-likeness (QED) is 0.877. The molecule has 0 saturated carbocycles. The SMILES string of the molecule is Cc1cccc(C(N)Cc2cc(C)nn2C)c1.